The van der Waals surface area contributed by atoms with Crippen molar-refractivity contribution in [2.75, 3.05) is 46.2 Å². The Morgan fingerprint density at radius 3 is 2.24 bits per heavy atom. The lowest BCUT2D eigenvalue weighted by Crippen LogP contribution is -2.13. The molecule has 0 aromatic rings. The molecular formula is C20H36O5. The zero-order chi connectivity index (χ0) is 18.2. The molecule has 0 saturated carbocycles. The smallest absolute Gasteiger partial charge is 0.161 e. The molecule has 5 heteroatoms. The fourth-order valence-electron chi connectivity index (χ4n) is 2.84. The van der Waals surface area contributed by atoms with Crippen LogP contribution in [0.15, 0.2) is 11.6 Å². The van der Waals surface area contributed by atoms with Crippen LogP contribution in [0.25, 0.3) is 0 Å². The molecule has 0 aliphatic heterocycles. The van der Waals surface area contributed by atoms with Crippen molar-refractivity contribution in [1.29, 1.82) is 0 Å². The molecule has 1 aliphatic carbocycles. The van der Waals surface area contributed by atoms with E-state index in [4.69, 9.17) is 18.9 Å². The largest absolute Gasteiger partial charge is 0.379 e. The van der Waals surface area contributed by atoms with E-state index in [0.29, 0.717) is 39.5 Å². The summed E-state index contributed by atoms with van der Waals surface area (Å²) in [7, 11) is 0. The standard InChI is InChI=1S/C20H36O5/c1-3-22-12-13-24-11-9-7-5-6-8-10-18-16-19(17-20(18)21)25-15-14-23-4-2/h16,19H,3-15,17H2,1-2H3/t19-/m0/s1. The highest BCUT2D eigenvalue weighted by molar-refractivity contribution is 5.98. The van der Waals surface area contributed by atoms with Gasteiger partial charge in [-0.25, -0.2) is 0 Å². The SMILES string of the molecule is CCOCCOCCCCCCCC1=C[C@H](OCCOCC)CC1=O. The highest BCUT2D eigenvalue weighted by Gasteiger charge is 2.23. The molecule has 0 saturated heterocycles. The average molecular weight is 357 g/mol. The molecule has 0 fully saturated rings. The molecule has 0 unspecified atom stereocenters. The summed E-state index contributed by atoms with van der Waals surface area (Å²) in [5, 5.41) is 0. The number of hydrogen-bond acceptors (Lipinski definition) is 5. The van der Waals surface area contributed by atoms with Gasteiger partial charge in [-0.3, -0.25) is 4.79 Å². The molecule has 1 atom stereocenters. The highest BCUT2D eigenvalue weighted by atomic mass is 16.5. The molecule has 5 nitrogen and oxygen atoms in total. The predicted molar refractivity (Wildman–Crippen MR) is 99.0 cm³/mol. The first-order valence-electron chi connectivity index (χ1n) is 9.86. The zero-order valence-electron chi connectivity index (χ0n) is 16.1. The summed E-state index contributed by atoms with van der Waals surface area (Å²) in [6.45, 7) is 8.76. The molecule has 25 heavy (non-hydrogen) atoms. The van der Waals surface area contributed by atoms with Gasteiger partial charge in [-0.1, -0.05) is 19.3 Å². The Balaban J connectivity index is 1.95. The molecular weight excluding hydrogens is 320 g/mol. The van der Waals surface area contributed by atoms with E-state index in [1.807, 2.05) is 19.9 Å². The first-order chi connectivity index (χ1) is 12.3. The summed E-state index contributed by atoms with van der Waals surface area (Å²) in [5.41, 5.74) is 0.959. The third-order valence-corrected chi connectivity index (χ3v) is 4.21. The molecule has 0 bridgehead atoms. The molecule has 0 aromatic carbocycles. The van der Waals surface area contributed by atoms with Crippen molar-refractivity contribution in [2.24, 2.45) is 0 Å². The predicted octanol–water partition coefficient (Wildman–Crippen LogP) is 3.70. The third kappa shape index (κ3) is 11.5. The van der Waals surface area contributed by atoms with Crippen LogP contribution in [0.3, 0.4) is 0 Å². The lowest BCUT2D eigenvalue weighted by Gasteiger charge is -2.08. The van der Waals surface area contributed by atoms with Crippen LogP contribution in [0.5, 0.6) is 0 Å². The molecule has 0 N–H and O–H groups in total. The number of ketones is 1. The minimum atomic E-state index is -0.0446. The Labute approximate surface area is 153 Å². The summed E-state index contributed by atoms with van der Waals surface area (Å²) < 4.78 is 21.6. The van der Waals surface area contributed by atoms with Gasteiger partial charge in [0.2, 0.25) is 0 Å². The van der Waals surface area contributed by atoms with Crippen molar-refractivity contribution in [3.05, 3.63) is 11.6 Å². The van der Waals surface area contributed by atoms with E-state index in [2.05, 4.69) is 0 Å². The number of ether oxygens (including phenoxy) is 4. The van der Waals surface area contributed by atoms with E-state index < -0.39 is 0 Å². The number of rotatable bonds is 17. The average Bonchev–Trinajstić information content (AvgIpc) is 2.96. The molecule has 0 heterocycles. The van der Waals surface area contributed by atoms with E-state index in [-0.39, 0.29) is 11.9 Å². The molecule has 0 radical (unpaired) electrons. The first-order valence-corrected chi connectivity index (χ1v) is 9.86. The van der Waals surface area contributed by atoms with Gasteiger partial charge in [0.1, 0.15) is 0 Å². The van der Waals surface area contributed by atoms with Crippen molar-refractivity contribution in [1.82, 2.24) is 0 Å². The summed E-state index contributed by atoms with van der Waals surface area (Å²) in [4.78, 5) is 12.0. The van der Waals surface area contributed by atoms with Crippen LogP contribution in [0.2, 0.25) is 0 Å². The van der Waals surface area contributed by atoms with E-state index in [1.165, 1.54) is 19.3 Å². The second-order valence-corrected chi connectivity index (χ2v) is 6.25. The maximum absolute atomic E-state index is 12.0. The molecule has 146 valence electrons. The normalized spacial score (nSPS) is 17.3. The van der Waals surface area contributed by atoms with Crippen molar-refractivity contribution in [3.63, 3.8) is 0 Å². The van der Waals surface area contributed by atoms with E-state index in [1.54, 1.807) is 0 Å². The van der Waals surface area contributed by atoms with Crippen LogP contribution < -0.4 is 0 Å². The van der Waals surface area contributed by atoms with Crippen molar-refractivity contribution in [2.45, 2.75) is 64.9 Å². The minimum Gasteiger partial charge on any atom is -0.379 e. The van der Waals surface area contributed by atoms with Gasteiger partial charge in [0.25, 0.3) is 0 Å². The van der Waals surface area contributed by atoms with Gasteiger partial charge < -0.3 is 18.9 Å². The maximum atomic E-state index is 12.0. The van der Waals surface area contributed by atoms with E-state index in [9.17, 15) is 4.79 Å². The number of Topliss-reactive ketones (excluding diaryl/α,β-unsaturated/α-hetero) is 1. The van der Waals surface area contributed by atoms with Crippen LogP contribution in [0.1, 0.15) is 58.8 Å². The Kier molecular flexibility index (Phi) is 13.8. The fraction of sp³-hybridized carbons (Fsp3) is 0.850. The Morgan fingerprint density at radius 2 is 1.48 bits per heavy atom. The number of hydrogen-bond donors (Lipinski definition) is 0. The van der Waals surface area contributed by atoms with E-state index in [0.717, 1.165) is 38.0 Å². The van der Waals surface area contributed by atoms with Crippen LogP contribution >= 0.6 is 0 Å². The maximum Gasteiger partial charge on any atom is 0.161 e. The summed E-state index contributed by atoms with van der Waals surface area (Å²) >= 11 is 0. The topological polar surface area (TPSA) is 54.0 Å². The minimum absolute atomic E-state index is 0.0446. The van der Waals surface area contributed by atoms with Crippen LogP contribution in [0.4, 0.5) is 0 Å². The van der Waals surface area contributed by atoms with Gasteiger partial charge in [0, 0.05) is 26.2 Å². The molecule has 0 aromatic heterocycles. The fourth-order valence-corrected chi connectivity index (χ4v) is 2.84. The number of carbonyl (C=O) groups is 1. The lowest BCUT2D eigenvalue weighted by atomic mass is 10.0. The van der Waals surface area contributed by atoms with Gasteiger partial charge in [-0.05, 0) is 44.8 Å². The summed E-state index contributed by atoms with van der Waals surface area (Å²) in [6, 6.07) is 0. The van der Waals surface area contributed by atoms with Crippen molar-refractivity contribution >= 4 is 5.78 Å². The number of carbonyl (C=O) groups excluding carboxylic acids is 1. The van der Waals surface area contributed by atoms with Crippen LogP contribution in [0, 0.1) is 0 Å². The Hall–Kier alpha value is -0.750. The number of unbranched alkanes of at least 4 members (excludes halogenated alkanes) is 4. The Bertz CT molecular complexity index is 367. The molecule has 1 aliphatic rings. The summed E-state index contributed by atoms with van der Waals surface area (Å²) in [6.07, 6.45) is 9.08. The van der Waals surface area contributed by atoms with Gasteiger partial charge in [0.05, 0.1) is 32.5 Å². The van der Waals surface area contributed by atoms with Gasteiger partial charge in [-0.2, -0.15) is 0 Å². The molecule has 1 rings (SSSR count). The van der Waals surface area contributed by atoms with E-state index >= 15 is 0 Å². The highest BCUT2D eigenvalue weighted by Crippen LogP contribution is 2.22. The van der Waals surface area contributed by atoms with Gasteiger partial charge in [-0.15, -0.1) is 0 Å². The van der Waals surface area contributed by atoms with Crippen molar-refractivity contribution < 1.29 is 23.7 Å². The quantitative estimate of drug-likeness (QED) is 0.372. The number of allylic oxidation sites excluding steroid dienone is 1. The van der Waals surface area contributed by atoms with Crippen molar-refractivity contribution in [3.8, 4) is 0 Å². The third-order valence-electron chi connectivity index (χ3n) is 4.21. The van der Waals surface area contributed by atoms with Crippen LogP contribution in [-0.4, -0.2) is 58.1 Å². The van der Waals surface area contributed by atoms with Gasteiger partial charge >= 0.3 is 0 Å². The molecule has 0 amide bonds. The zero-order valence-corrected chi connectivity index (χ0v) is 16.1. The summed E-state index contributed by atoms with van der Waals surface area (Å²) in [5.74, 6) is 0.254. The van der Waals surface area contributed by atoms with Crippen LogP contribution in [-0.2, 0) is 23.7 Å². The second kappa shape index (κ2) is 15.5. The first kappa shape index (κ1) is 22.3. The monoisotopic (exact) mass is 356 g/mol. The lowest BCUT2D eigenvalue weighted by molar-refractivity contribution is -0.116. The van der Waals surface area contributed by atoms with Gasteiger partial charge in [0.15, 0.2) is 5.78 Å². The Morgan fingerprint density at radius 1 is 0.840 bits per heavy atom. The molecule has 0 spiro atoms. The second-order valence-electron chi connectivity index (χ2n) is 6.25.